The summed E-state index contributed by atoms with van der Waals surface area (Å²) in [6.45, 7) is 14.6. The third kappa shape index (κ3) is 52.0. The summed E-state index contributed by atoms with van der Waals surface area (Å²) in [7, 11) is 4.09. The van der Waals surface area contributed by atoms with E-state index in [9.17, 15) is 43.2 Å². The topological polar surface area (TPSA) is 340 Å². The molecule has 1 saturated heterocycles. The Hall–Kier alpha value is -3.88. The molecular weight excluding hydrogens is 1190 g/mol. The van der Waals surface area contributed by atoms with Gasteiger partial charge >= 0.3 is 17.9 Å². The largest absolute Gasteiger partial charge is 0.469 e. The summed E-state index contributed by atoms with van der Waals surface area (Å²) in [4.78, 5) is 98.1. The number of methoxy groups -OCH3 is 3. The molecule has 0 spiro atoms. The summed E-state index contributed by atoms with van der Waals surface area (Å²) in [6.07, 6.45) is 15.4. The molecule has 2 heterocycles. The highest BCUT2D eigenvalue weighted by atomic mass is 79.9. The molecule has 1 aromatic carbocycles. The quantitative estimate of drug-likeness (QED) is 0.0149. The van der Waals surface area contributed by atoms with Crippen LogP contribution in [0.1, 0.15) is 158 Å². The van der Waals surface area contributed by atoms with Gasteiger partial charge in [0.2, 0.25) is 23.6 Å². The van der Waals surface area contributed by atoms with Gasteiger partial charge in [0.05, 0.1) is 33.8 Å². The molecule has 27 heteroatoms. The highest BCUT2D eigenvalue weighted by Crippen LogP contribution is 2.25. The molecule has 2 aromatic rings. The second kappa shape index (κ2) is 63.3. The maximum atomic E-state index is 11.7. The molecule has 4 amide bonds. The average Bonchev–Trinajstić information content (AvgIpc) is 3.98. The van der Waals surface area contributed by atoms with E-state index in [4.69, 9.17) is 51.3 Å². The fourth-order valence-corrected chi connectivity index (χ4v) is 6.86. The van der Waals surface area contributed by atoms with E-state index in [1.54, 1.807) is 17.0 Å². The van der Waals surface area contributed by atoms with E-state index >= 15 is 0 Å². The molecule has 79 heavy (non-hydrogen) atoms. The Morgan fingerprint density at radius 1 is 0.747 bits per heavy atom. The number of carbonyl (C=O) groups excluding carboxylic acids is 9. The molecule has 21 nitrogen and oxygen atoms in total. The molecule has 1 aliphatic rings. The van der Waals surface area contributed by atoms with Gasteiger partial charge in [-0.3, -0.25) is 33.6 Å². The number of likely N-dealkylation sites (tertiary alicyclic amines) is 1. The molecule has 1 fully saturated rings. The smallest absolute Gasteiger partial charge is 0.316 e. The number of nitrogens with zero attached hydrogens (tertiary/aromatic N) is 4. The third-order valence-corrected chi connectivity index (χ3v) is 12.0. The second-order valence-corrected chi connectivity index (χ2v) is 18.3. The van der Waals surface area contributed by atoms with Crippen LogP contribution in [-0.2, 0) is 57.4 Å². The molecule has 9 N–H and O–H groups in total. The molecule has 6 atom stereocenters. The van der Waals surface area contributed by atoms with Crippen LogP contribution in [0.4, 0.5) is 0 Å². The second-order valence-electron chi connectivity index (χ2n) is 17.0. The number of ether oxygens (including phenoxy) is 3. The first-order valence-corrected chi connectivity index (χ1v) is 28.0. The number of primary amides is 3. The molecule has 0 saturated carbocycles. The van der Waals surface area contributed by atoms with Crippen molar-refractivity contribution in [3.8, 4) is 0 Å². The number of aldehydes is 2. The van der Waals surface area contributed by atoms with Crippen LogP contribution in [0.15, 0.2) is 24.3 Å². The van der Waals surface area contributed by atoms with Crippen molar-refractivity contribution in [3.63, 3.8) is 0 Å². The van der Waals surface area contributed by atoms with E-state index < -0.39 is 18.0 Å². The lowest BCUT2D eigenvalue weighted by atomic mass is 9.89. The lowest BCUT2D eigenvalue weighted by Crippen LogP contribution is -2.45. The van der Waals surface area contributed by atoms with Crippen molar-refractivity contribution in [2.24, 2.45) is 46.6 Å². The van der Waals surface area contributed by atoms with E-state index in [0.717, 1.165) is 94.5 Å². The van der Waals surface area contributed by atoms with E-state index in [-0.39, 0.29) is 99.7 Å². The summed E-state index contributed by atoms with van der Waals surface area (Å²) in [5, 5.41) is 16.3. The van der Waals surface area contributed by atoms with Gasteiger partial charge in [0.15, 0.2) is 0 Å². The van der Waals surface area contributed by atoms with Crippen LogP contribution in [0, 0.1) is 23.7 Å². The molecular formula is C52H99BrCl2N8O13S3. The number of esters is 3. The Kier molecular flexibility index (Phi) is 73.4. The number of amides is 4. The zero-order chi connectivity index (χ0) is 59.4. The van der Waals surface area contributed by atoms with Crippen LogP contribution >= 0.6 is 79.6 Å². The van der Waals surface area contributed by atoms with Gasteiger partial charge in [-0.1, -0.05) is 113 Å². The molecule has 0 radical (unpaired) electrons. The van der Waals surface area contributed by atoms with Crippen molar-refractivity contribution in [1.29, 1.82) is 0 Å². The number of aromatic nitrogens is 3. The van der Waals surface area contributed by atoms with E-state index in [1.807, 2.05) is 39.8 Å². The lowest BCUT2D eigenvalue weighted by molar-refractivity contribution is -0.143. The Bertz CT molecular complexity index is 1860. The predicted molar refractivity (Wildman–Crippen MR) is 332 cm³/mol. The van der Waals surface area contributed by atoms with E-state index in [1.165, 1.54) is 21.3 Å². The normalized spacial score (nSPS) is 13.2. The first-order valence-electron chi connectivity index (χ1n) is 25.8. The Labute approximate surface area is 509 Å². The van der Waals surface area contributed by atoms with Crippen molar-refractivity contribution in [2.75, 3.05) is 45.0 Å². The Morgan fingerprint density at radius 3 is 1.63 bits per heavy atom. The van der Waals surface area contributed by atoms with E-state index in [0.29, 0.717) is 66.9 Å². The Balaban J connectivity index is -0.000000125. The number of carbonyl (C=O) groups is 9. The number of benzene rings is 1. The van der Waals surface area contributed by atoms with Crippen LogP contribution < -0.4 is 22.9 Å². The van der Waals surface area contributed by atoms with Gasteiger partial charge in [-0.2, -0.15) is 40.5 Å². The number of rotatable bonds is 26. The van der Waals surface area contributed by atoms with Gasteiger partial charge in [0.25, 0.3) is 0 Å². The fraction of sp³-hybridized carbons (Fsp3) is 0.712. The van der Waals surface area contributed by atoms with Crippen molar-refractivity contribution < 1.29 is 62.6 Å². The number of nitrogens with two attached hydrogens (primary N) is 4. The summed E-state index contributed by atoms with van der Waals surface area (Å²) in [6, 6.07) is 6.33. The van der Waals surface area contributed by atoms with Gasteiger partial charge in [0, 0.05) is 49.4 Å². The number of hydrogen-bond donors (Lipinski definition) is 5. The maximum Gasteiger partial charge on any atom is 0.316 e. The molecule has 3 rings (SSSR count). The third-order valence-electron chi connectivity index (χ3n) is 11.0. The molecule has 0 aliphatic carbocycles. The summed E-state index contributed by atoms with van der Waals surface area (Å²) < 4.78 is 13.3. The van der Waals surface area contributed by atoms with Gasteiger partial charge < -0.3 is 56.8 Å². The monoisotopic (exact) mass is 1290 g/mol. The molecule has 0 bridgehead atoms. The van der Waals surface area contributed by atoms with Gasteiger partial charge in [-0.15, -0.1) is 28.3 Å². The van der Waals surface area contributed by atoms with Crippen LogP contribution in [0.25, 0.3) is 11.0 Å². The first kappa shape index (κ1) is 91.6. The number of halogens is 3. The van der Waals surface area contributed by atoms with Crippen LogP contribution in [0.3, 0.4) is 0 Å². The summed E-state index contributed by atoms with van der Waals surface area (Å²) in [5.41, 5.74) is 21.8. The number of hydrogen-bond acceptors (Lipinski definition) is 16. The molecule has 3 unspecified atom stereocenters. The van der Waals surface area contributed by atoms with Gasteiger partial charge in [-0.25, -0.2) is 0 Å². The van der Waals surface area contributed by atoms with Crippen molar-refractivity contribution in [2.45, 2.75) is 170 Å². The maximum absolute atomic E-state index is 11.7. The molecule has 1 aliphatic heterocycles. The molecule has 1 aromatic heterocycles. The number of para-hydroxylation sites is 1. The minimum Gasteiger partial charge on any atom is -0.469 e. The number of unbranched alkanes of at least 4 members (excludes halogenated alkanes) is 2. The summed E-state index contributed by atoms with van der Waals surface area (Å²) in [5.74, 6) is -0.0777. The van der Waals surface area contributed by atoms with Crippen LogP contribution in [0.5, 0.6) is 0 Å². The van der Waals surface area contributed by atoms with Gasteiger partial charge in [-0.05, 0) is 80.5 Å². The molecule has 464 valence electrons. The highest BCUT2D eigenvalue weighted by Gasteiger charge is 2.35. The first-order chi connectivity index (χ1) is 36.1. The predicted octanol–water partition coefficient (Wildman–Crippen LogP) is 7.93. The minimum atomic E-state index is -0.458. The minimum absolute atomic E-state index is 0. The summed E-state index contributed by atoms with van der Waals surface area (Å²) >= 11 is 13.0. The van der Waals surface area contributed by atoms with Crippen LogP contribution in [-0.4, -0.2) is 136 Å². The number of alkyl halides is 3. The van der Waals surface area contributed by atoms with Crippen molar-refractivity contribution in [1.82, 2.24) is 20.1 Å². The SMILES string of the molecule is CCCC(C=O)CC(=O)OC.CCCC(CC[C@@H](CC)C(N)=O)CC(=O)OC.CCCC1CC(=O)N([C@@H](CC)C(N)=O)C1.CCCCC=O.CC[C@H](N)C(N)=O.COC(=O)CBr.ClCCCl.On1nnc2ccccc21.S.S.S. The zero-order valence-electron chi connectivity index (χ0n) is 48.4. The highest BCUT2D eigenvalue weighted by molar-refractivity contribution is 9.09. The van der Waals surface area contributed by atoms with Crippen molar-refractivity contribution in [3.05, 3.63) is 24.3 Å². The van der Waals surface area contributed by atoms with E-state index in [2.05, 4.69) is 61.2 Å². The fourth-order valence-electron chi connectivity index (χ4n) is 6.63. The Morgan fingerprint density at radius 2 is 1.29 bits per heavy atom. The van der Waals surface area contributed by atoms with Crippen LogP contribution in [0.2, 0.25) is 0 Å². The average molecular weight is 1290 g/mol. The van der Waals surface area contributed by atoms with Gasteiger partial charge in [0.1, 0.15) is 35.0 Å². The lowest BCUT2D eigenvalue weighted by Gasteiger charge is -2.24. The van der Waals surface area contributed by atoms with Crippen molar-refractivity contribution >= 4 is 145 Å². The zero-order valence-corrected chi connectivity index (χ0v) is 54.5. The number of fused-ring (bicyclic) bond motifs is 1. The standard InChI is InChI=1S/C13H25NO3.C11H20N2O2.C8H14O3.C6H5N3O.C5H10O.C4H10N2O.C3H5BrO2.C2H4Cl2.3H2S/c1-4-6-10(9-12(15)17-3)7-8-11(5-2)13(14)16;1-3-5-8-6-10(14)13(7-8)9(4-2)11(12)15;1-3-4-7(6-9)5-8(10)11-2;10-9-6-4-2-1-3-5(6)7-8-9;1-2-3-4-5-6;1-2-3(5)4(6)7;1-6-3(5)2-4;3-1-2-4;;;/h10-11H,4-9H2,1-3H3,(H2,14,16);8-9H,3-7H2,1-2H3,(H2,12,15);6-7H,3-5H2,1-2H3;1-4,10H;5H,2-4H2,1H3;3H,2,5H2,1H3,(H2,6,7);2H2,1H3;1-2H2;3*1H2/t10?,11-;8?,9-;;;;3-;;;;;/m10...0...../s1.